The number of halogens is 1. The molecule has 3 heteroatoms. The Labute approximate surface area is 135 Å². The molecular weight excluding hydrogens is 367 g/mol. The predicted octanol–water partition coefficient (Wildman–Crippen LogP) is 6.68. The molecule has 1 atom stereocenters. The van der Waals surface area contributed by atoms with Crippen LogP contribution in [0.15, 0.2) is 11.3 Å². The smallest absolute Gasteiger partial charge is 0.127 e. The van der Waals surface area contributed by atoms with Crippen LogP contribution in [0.5, 0.6) is 0 Å². The molecular formula is C16H27IOS. The molecule has 2 rings (SSSR count). The molecule has 0 spiro atoms. The fraction of sp³-hybridized carbons (Fsp3) is 0.875. The van der Waals surface area contributed by atoms with Crippen molar-refractivity contribution in [3.63, 3.8) is 0 Å². The summed E-state index contributed by atoms with van der Waals surface area (Å²) in [4.78, 5) is 0. The van der Waals surface area contributed by atoms with Gasteiger partial charge in [-0.05, 0) is 55.9 Å². The Morgan fingerprint density at radius 2 is 1.89 bits per heavy atom. The molecule has 1 fully saturated rings. The maximum atomic E-state index is 5.66. The molecule has 0 N–H and O–H groups in total. The van der Waals surface area contributed by atoms with E-state index in [-0.39, 0.29) is 0 Å². The molecule has 1 saturated carbocycles. The molecule has 0 amide bonds. The number of allylic oxidation sites excluding steroid dienone is 2. The first-order valence-electron chi connectivity index (χ1n) is 7.88. The van der Waals surface area contributed by atoms with Gasteiger partial charge in [-0.3, -0.25) is 0 Å². The Balaban J connectivity index is 1.82. The molecule has 110 valence electrons. The normalized spacial score (nSPS) is 32.5. The lowest BCUT2D eigenvalue weighted by atomic mass is 9.70. The molecule has 0 heterocycles. The minimum atomic E-state index is 0.939. The summed E-state index contributed by atoms with van der Waals surface area (Å²) in [7, 11) is 1.47. The number of hydrogen-bond acceptors (Lipinski definition) is 2. The lowest BCUT2D eigenvalue weighted by Crippen LogP contribution is -2.24. The Kier molecular flexibility index (Phi) is 6.87. The fourth-order valence-electron chi connectivity index (χ4n) is 4.05. The zero-order valence-electron chi connectivity index (χ0n) is 12.3. The highest BCUT2D eigenvalue weighted by atomic mass is 127. The van der Waals surface area contributed by atoms with Crippen LogP contribution in [-0.4, -0.2) is 0 Å². The summed E-state index contributed by atoms with van der Waals surface area (Å²) in [5.74, 6) is 4.23. The van der Waals surface area contributed by atoms with E-state index in [0.717, 1.165) is 17.8 Å². The third-order valence-corrected chi connectivity index (χ3v) is 5.98. The van der Waals surface area contributed by atoms with Gasteiger partial charge in [-0.1, -0.05) is 32.6 Å². The highest BCUT2D eigenvalue weighted by Crippen LogP contribution is 2.43. The second-order valence-electron chi connectivity index (χ2n) is 6.42. The first-order chi connectivity index (χ1) is 9.24. The summed E-state index contributed by atoms with van der Waals surface area (Å²) in [6.45, 7) is 4.60. The van der Waals surface area contributed by atoms with Crippen molar-refractivity contribution in [1.29, 1.82) is 0 Å². The van der Waals surface area contributed by atoms with Crippen LogP contribution >= 0.6 is 30.4 Å². The monoisotopic (exact) mass is 394 g/mol. The van der Waals surface area contributed by atoms with Crippen LogP contribution in [0.1, 0.15) is 71.6 Å². The second kappa shape index (κ2) is 8.16. The standard InChI is InChI=1S/C16H27IOS/c1-3-4-13-5-7-14(8-6-13)15-9-10-16(18-19-17)12(2)11-15/h13-15H,3-11H2,1-2H3. The predicted molar refractivity (Wildman–Crippen MR) is 93.1 cm³/mol. The number of rotatable bonds is 5. The third-order valence-electron chi connectivity index (χ3n) is 5.17. The SMILES string of the molecule is CCCC1CCC(C2CCC(OSI)=C(C)C2)CC1. The van der Waals surface area contributed by atoms with Crippen molar-refractivity contribution in [1.82, 2.24) is 0 Å². The van der Waals surface area contributed by atoms with E-state index in [4.69, 9.17) is 4.18 Å². The Morgan fingerprint density at radius 1 is 1.16 bits per heavy atom. The maximum absolute atomic E-state index is 5.66. The van der Waals surface area contributed by atoms with Crippen LogP contribution in [0.2, 0.25) is 0 Å². The van der Waals surface area contributed by atoms with Crippen molar-refractivity contribution in [3.05, 3.63) is 11.3 Å². The van der Waals surface area contributed by atoms with Crippen molar-refractivity contribution in [2.75, 3.05) is 0 Å². The van der Waals surface area contributed by atoms with Gasteiger partial charge in [-0.2, -0.15) is 0 Å². The average Bonchev–Trinajstić information content (AvgIpc) is 2.43. The zero-order valence-corrected chi connectivity index (χ0v) is 15.3. The summed E-state index contributed by atoms with van der Waals surface area (Å²) < 4.78 is 5.66. The lowest BCUT2D eigenvalue weighted by Gasteiger charge is -2.36. The van der Waals surface area contributed by atoms with Gasteiger partial charge in [0.05, 0.1) is 0 Å². The van der Waals surface area contributed by atoms with Crippen molar-refractivity contribution >= 4 is 30.4 Å². The summed E-state index contributed by atoms with van der Waals surface area (Å²) in [5, 5.41) is 0. The van der Waals surface area contributed by atoms with E-state index >= 15 is 0 Å². The lowest BCUT2D eigenvalue weighted by molar-refractivity contribution is 0.178. The van der Waals surface area contributed by atoms with Gasteiger partial charge in [0.2, 0.25) is 0 Å². The maximum Gasteiger partial charge on any atom is 0.127 e. The molecule has 0 radical (unpaired) electrons. The minimum Gasteiger partial charge on any atom is -0.419 e. The van der Waals surface area contributed by atoms with Gasteiger partial charge in [0, 0.05) is 27.6 Å². The van der Waals surface area contributed by atoms with Gasteiger partial charge in [-0.15, -0.1) is 0 Å². The van der Waals surface area contributed by atoms with Gasteiger partial charge in [-0.25, -0.2) is 0 Å². The first kappa shape index (κ1) is 16.0. The Morgan fingerprint density at radius 3 is 2.47 bits per heavy atom. The molecule has 1 nitrogen and oxygen atoms in total. The molecule has 2 aliphatic carbocycles. The zero-order chi connectivity index (χ0) is 13.7. The third kappa shape index (κ3) is 4.55. The molecule has 0 aromatic rings. The fourth-order valence-corrected chi connectivity index (χ4v) is 5.00. The Bertz CT molecular complexity index is 308. The largest absolute Gasteiger partial charge is 0.419 e. The van der Waals surface area contributed by atoms with Crippen LogP contribution in [0.25, 0.3) is 0 Å². The summed E-state index contributed by atoms with van der Waals surface area (Å²) >= 11 is 2.22. The van der Waals surface area contributed by atoms with E-state index in [2.05, 4.69) is 35.1 Å². The van der Waals surface area contributed by atoms with Crippen molar-refractivity contribution in [2.24, 2.45) is 17.8 Å². The highest BCUT2D eigenvalue weighted by Gasteiger charge is 2.30. The van der Waals surface area contributed by atoms with Crippen molar-refractivity contribution in [2.45, 2.75) is 71.6 Å². The van der Waals surface area contributed by atoms with Crippen LogP contribution in [-0.2, 0) is 4.18 Å². The molecule has 19 heavy (non-hydrogen) atoms. The topological polar surface area (TPSA) is 9.23 Å². The van der Waals surface area contributed by atoms with E-state index in [9.17, 15) is 0 Å². The summed E-state index contributed by atoms with van der Waals surface area (Å²) in [6, 6.07) is 0. The molecule has 0 aromatic heterocycles. The summed E-state index contributed by atoms with van der Waals surface area (Å²) in [5.41, 5.74) is 1.51. The second-order valence-corrected chi connectivity index (χ2v) is 7.79. The van der Waals surface area contributed by atoms with Crippen LogP contribution in [0.4, 0.5) is 0 Å². The summed E-state index contributed by atoms with van der Waals surface area (Å²) in [6.07, 6.45) is 12.6. The minimum absolute atomic E-state index is 0.939. The molecule has 1 unspecified atom stereocenters. The van der Waals surface area contributed by atoms with Gasteiger partial charge in [0.1, 0.15) is 15.0 Å². The number of hydrogen-bond donors (Lipinski definition) is 0. The van der Waals surface area contributed by atoms with E-state index in [1.807, 2.05) is 0 Å². The van der Waals surface area contributed by atoms with Crippen molar-refractivity contribution in [3.8, 4) is 0 Å². The van der Waals surface area contributed by atoms with Gasteiger partial charge in [0.25, 0.3) is 0 Å². The highest BCUT2D eigenvalue weighted by molar-refractivity contribution is 14.2. The Hall–Kier alpha value is 0.620. The molecule has 0 bridgehead atoms. The average molecular weight is 394 g/mol. The van der Waals surface area contributed by atoms with Gasteiger partial charge in [0.15, 0.2) is 0 Å². The van der Waals surface area contributed by atoms with E-state index in [1.165, 1.54) is 78.3 Å². The quantitative estimate of drug-likeness (QED) is 0.380. The van der Waals surface area contributed by atoms with E-state index in [1.54, 1.807) is 0 Å². The molecule has 0 saturated heterocycles. The van der Waals surface area contributed by atoms with Crippen LogP contribution in [0, 0.1) is 17.8 Å². The molecule has 0 aliphatic heterocycles. The molecule has 0 aromatic carbocycles. The van der Waals surface area contributed by atoms with Gasteiger partial charge >= 0.3 is 0 Å². The van der Waals surface area contributed by atoms with Crippen LogP contribution < -0.4 is 0 Å². The van der Waals surface area contributed by atoms with Crippen LogP contribution in [0.3, 0.4) is 0 Å². The van der Waals surface area contributed by atoms with Crippen molar-refractivity contribution < 1.29 is 4.18 Å². The van der Waals surface area contributed by atoms with E-state index < -0.39 is 0 Å². The molecule has 2 aliphatic rings. The van der Waals surface area contributed by atoms with Gasteiger partial charge < -0.3 is 4.18 Å². The van der Waals surface area contributed by atoms with E-state index in [0.29, 0.717) is 0 Å². The first-order valence-corrected chi connectivity index (χ1v) is 11.2.